The van der Waals surface area contributed by atoms with Crippen LogP contribution in [0.3, 0.4) is 0 Å². The molecular formula is C34H68N2O9. The topological polar surface area (TPSA) is 209 Å². The van der Waals surface area contributed by atoms with E-state index in [-0.39, 0.29) is 12.6 Å². The third kappa shape index (κ3) is 19.6. The first-order valence-corrected chi connectivity index (χ1v) is 17.9. The van der Waals surface area contributed by atoms with E-state index in [2.05, 4.69) is 0 Å². The molecule has 268 valence electrons. The number of unbranched alkanes of at least 4 members (excludes halogenated alkanes) is 15. The van der Waals surface area contributed by atoms with Gasteiger partial charge in [0.05, 0.1) is 31.5 Å². The van der Waals surface area contributed by atoms with Crippen LogP contribution < -0.4 is 11.5 Å². The van der Waals surface area contributed by atoms with Crippen LogP contribution in [0.5, 0.6) is 0 Å². The summed E-state index contributed by atoms with van der Waals surface area (Å²) >= 11 is 0. The second-order valence-electron chi connectivity index (χ2n) is 13.3. The number of ether oxygens (including phenoxy) is 2. The Morgan fingerprint density at radius 1 is 0.667 bits per heavy atom. The van der Waals surface area contributed by atoms with Gasteiger partial charge in [0.25, 0.3) is 0 Å². The number of carbonyl (C=O) groups excluding carboxylic acids is 1. The molecule has 0 aromatic rings. The molecule has 45 heavy (non-hydrogen) atoms. The Morgan fingerprint density at radius 2 is 1.09 bits per heavy atom. The zero-order chi connectivity index (χ0) is 33.5. The molecule has 0 bridgehead atoms. The lowest BCUT2D eigenvalue weighted by molar-refractivity contribution is -0.302. The number of carbonyl (C=O) groups is 1. The summed E-state index contributed by atoms with van der Waals surface area (Å²) in [7, 11) is 0. The average Bonchev–Trinajstić information content (AvgIpc) is 3.02. The second-order valence-corrected chi connectivity index (χ2v) is 13.3. The maximum Gasteiger partial charge on any atom is 0.186 e. The van der Waals surface area contributed by atoms with Crippen molar-refractivity contribution >= 4 is 5.78 Å². The van der Waals surface area contributed by atoms with Gasteiger partial charge in [-0.2, -0.15) is 0 Å². The number of nitrogens with two attached hydrogens (primary N) is 2. The van der Waals surface area contributed by atoms with E-state index < -0.39 is 55.6 Å². The summed E-state index contributed by atoms with van der Waals surface area (Å²) in [5, 5.41) is 59.0. The van der Waals surface area contributed by atoms with Crippen molar-refractivity contribution in [2.24, 2.45) is 11.5 Å². The molecule has 0 aromatic carbocycles. The Morgan fingerprint density at radius 3 is 1.53 bits per heavy atom. The summed E-state index contributed by atoms with van der Waals surface area (Å²) in [4.78, 5) is 12.1. The van der Waals surface area contributed by atoms with Gasteiger partial charge in [0.1, 0.15) is 30.2 Å². The van der Waals surface area contributed by atoms with Gasteiger partial charge in [-0.15, -0.1) is 0 Å². The van der Waals surface area contributed by atoms with Crippen molar-refractivity contribution in [3.63, 3.8) is 0 Å². The van der Waals surface area contributed by atoms with E-state index in [0.717, 1.165) is 77.0 Å². The first kappa shape index (κ1) is 42.3. The molecule has 10 N–H and O–H groups in total. The lowest BCUT2D eigenvalue weighted by atomic mass is 9.99. The minimum absolute atomic E-state index is 0.0909. The molecule has 0 amide bonds. The largest absolute Gasteiger partial charge is 0.394 e. The quantitative estimate of drug-likeness (QED) is 0.0553. The van der Waals surface area contributed by atoms with Crippen molar-refractivity contribution in [1.29, 1.82) is 0 Å². The minimum Gasteiger partial charge on any atom is -0.394 e. The zero-order valence-corrected chi connectivity index (χ0v) is 28.0. The molecule has 11 nitrogen and oxygen atoms in total. The third-order valence-electron chi connectivity index (χ3n) is 9.06. The average molecular weight is 649 g/mol. The molecule has 1 aliphatic heterocycles. The normalized spacial score (nSPS) is 24.8. The van der Waals surface area contributed by atoms with Crippen LogP contribution in [0.2, 0.25) is 0 Å². The summed E-state index contributed by atoms with van der Waals surface area (Å²) in [6.07, 6.45) is 13.9. The summed E-state index contributed by atoms with van der Waals surface area (Å²) in [6.45, 7) is 1.21. The van der Waals surface area contributed by atoms with E-state index in [4.69, 9.17) is 20.9 Å². The van der Waals surface area contributed by atoms with E-state index in [1.54, 1.807) is 0 Å². The fraction of sp³-hybridized carbons (Fsp3) is 0.971. The zero-order valence-electron chi connectivity index (χ0n) is 28.0. The molecule has 0 radical (unpaired) electrons. The second kappa shape index (κ2) is 26.3. The minimum atomic E-state index is -1.51. The highest BCUT2D eigenvalue weighted by molar-refractivity contribution is 5.78. The van der Waals surface area contributed by atoms with Crippen LogP contribution in [0.1, 0.15) is 142 Å². The van der Waals surface area contributed by atoms with Crippen LogP contribution in [0, 0.1) is 0 Å². The molecule has 1 rings (SSSR count). The van der Waals surface area contributed by atoms with Gasteiger partial charge in [-0.1, -0.05) is 96.3 Å². The van der Waals surface area contributed by atoms with Gasteiger partial charge >= 0.3 is 0 Å². The molecule has 1 aliphatic rings. The van der Waals surface area contributed by atoms with Crippen molar-refractivity contribution in [1.82, 2.24) is 0 Å². The van der Waals surface area contributed by atoms with E-state index >= 15 is 0 Å². The summed E-state index contributed by atoms with van der Waals surface area (Å²) < 4.78 is 10.7. The summed E-state index contributed by atoms with van der Waals surface area (Å²) in [5.41, 5.74) is 11.7. The first-order chi connectivity index (χ1) is 21.6. The molecule has 0 aromatic heterocycles. The van der Waals surface area contributed by atoms with E-state index in [9.17, 15) is 35.4 Å². The standard InChI is InChI=1S/C34H68N2O9/c1-25(35)28(39)21-17-14-10-12-16-20-26(38)19-15-11-8-6-4-2-3-5-7-9-13-18-22-29(40)27(36)24-44-34-33(43)32(42)31(41)30(23-37)45-34/h25,27-34,37,39-43H,2-24,35-36H2,1H3/t25-,27-,28-,29+,30-,31-,32+,33-,34-/m1/s1. The lowest BCUT2D eigenvalue weighted by Crippen LogP contribution is -2.59. The predicted octanol–water partition coefficient (Wildman–Crippen LogP) is 2.96. The van der Waals surface area contributed by atoms with E-state index in [1.165, 1.54) is 44.9 Å². The van der Waals surface area contributed by atoms with Crippen molar-refractivity contribution < 1.29 is 44.9 Å². The van der Waals surface area contributed by atoms with Crippen LogP contribution in [0.25, 0.3) is 0 Å². The Kier molecular flexibility index (Phi) is 24.7. The van der Waals surface area contributed by atoms with Crippen molar-refractivity contribution in [3.8, 4) is 0 Å². The van der Waals surface area contributed by atoms with Gasteiger partial charge in [-0.05, 0) is 32.6 Å². The van der Waals surface area contributed by atoms with Crippen LogP contribution in [0.15, 0.2) is 0 Å². The van der Waals surface area contributed by atoms with Crippen molar-refractivity contribution in [3.05, 3.63) is 0 Å². The monoisotopic (exact) mass is 648 g/mol. The van der Waals surface area contributed by atoms with Crippen LogP contribution in [0.4, 0.5) is 0 Å². The molecular weight excluding hydrogens is 580 g/mol. The highest BCUT2D eigenvalue weighted by Crippen LogP contribution is 2.22. The van der Waals surface area contributed by atoms with Crippen LogP contribution in [-0.2, 0) is 14.3 Å². The fourth-order valence-corrected chi connectivity index (χ4v) is 5.77. The molecule has 1 heterocycles. The number of ketones is 1. The predicted molar refractivity (Wildman–Crippen MR) is 175 cm³/mol. The van der Waals surface area contributed by atoms with E-state index in [1.807, 2.05) is 6.92 Å². The Hall–Kier alpha value is -0.730. The third-order valence-corrected chi connectivity index (χ3v) is 9.06. The van der Waals surface area contributed by atoms with Gasteiger partial charge in [0.15, 0.2) is 6.29 Å². The molecule has 1 saturated heterocycles. The Labute approximate surface area is 272 Å². The molecule has 1 fully saturated rings. The molecule has 0 spiro atoms. The number of Topliss-reactive ketones (excluding diaryl/α,β-unsaturated/α-hetero) is 1. The molecule has 11 heteroatoms. The van der Waals surface area contributed by atoms with Crippen molar-refractivity contribution in [2.45, 2.75) is 197 Å². The van der Waals surface area contributed by atoms with Gasteiger partial charge < -0.3 is 51.6 Å². The van der Waals surface area contributed by atoms with Gasteiger partial charge in [0, 0.05) is 18.9 Å². The summed E-state index contributed by atoms with van der Waals surface area (Å²) in [5.74, 6) is 0.403. The maximum atomic E-state index is 12.1. The number of aliphatic hydroxyl groups is 6. The van der Waals surface area contributed by atoms with Gasteiger partial charge in [-0.25, -0.2) is 0 Å². The highest BCUT2D eigenvalue weighted by atomic mass is 16.7. The lowest BCUT2D eigenvalue weighted by Gasteiger charge is -2.40. The first-order valence-electron chi connectivity index (χ1n) is 17.9. The number of rotatable bonds is 29. The molecule has 0 aliphatic carbocycles. The van der Waals surface area contributed by atoms with Gasteiger partial charge in [0.2, 0.25) is 0 Å². The molecule has 0 saturated carbocycles. The Bertz CT molecular complexity index is 715. The molecule has 9 atom stereocenters. The smallest absolute Gasteiger partial charge is 0.186 e. The number of hydrogen-bond donors (Lipinski definition) is 8. The maximum absolute atomic E-state index is 12.1. The van der Waals surface area contributed by atoms with Gasteiger partial charge in [-0.3, -0.25) is 4.79 Å². The Balaban J connectivity index is 1.88. The fourth-order valence-electron chi connectivity index (χ4n) is 5.77. The summed E-state index contributed by atoms with van der Waals surface area (Å²) in [6, 6.07) is -0.844. The number of aliphatic hydroxyl groups excluding tert-OH is 6. The van der Waals surface area contributed by atoms with Crippen LogP contribution >= 0.6 is 0 Å². The molecule has 0 unspecified atom stereocenters. The number of hydrogen-bond acceptors (Lipinski definition) is 11. The van der Waals surface area contributed by atoms with Crippen LogP contribution in [-0.4, -0.2) is 105 Å². The SMILES string of the molecule is C[C@@H](N)[C@H](O)CCCCCCCC(=O)CCCCCCCCCCCCCC[C@H](O)[C@H](N)CO[C@@H]1O[C@H](CO)[C@@H](O)[C@H](O)[C@H]1O. The highest BCUT2D eigenvalue weighted by Gasteiger charge is 2.44. The van der Waals surface area contributed by atoms with Crippen molar-refractivity contribution in [2.75, 3.05) is 13.2 Å². The van der Waals surface area contributed by atoms with E-state index in [0.29, 0.717) is 18.6 Å².